The van der Waals surface area contributed by atoms with Crippen LogP contribution in [0.25, 0.3) is 5.32 Å². The third-order valence-corrected chi connectivity index (χ3v) is 5.91. The minimum Gasteiger partial charge on any atom is -0.662 e. The van der Waals surface area contributed by atoms with Crippen LogP contribution in [0.3, 0.4) is 0 Å². The van der Waals surface area contributed by atoms with E-state index in [-0.39, 0.29) is 21.1 Å². The van der Waals surface area contributed by atoms with Gasteiger partial charge in [0.25, 0.3) is 0 Å². The maximum atomic E-state index is 4.72. The molecule has 0 saturated heterocycles. The molecule has 0 aliphatic heterocycles. The SMILES string of the molecule is CCCCCCCCCCCCCCCCC[N-]CCCCCCC(C)(C)C.[W]. The van der Waals surface area contributed by atoms with Crippen LogP contribution in [-0.2, 0) is 21.1 Å². The first kappa shape index (κ1) is 31.8. The summed E-state index contributed by atoms with van der Waals surface area (Å²) in [6.45, 7) is 11.6. The zero-order chi connectivity index (χ0) is 20.8. The first-order chi connectivity index (χ1) is 13.6. The molecular formula is C27H56NW-. The van der Waals surface area contributed by atoms with Crippen LogP contribution in [-0.4, -0.2) is 13.1 Å². The standard InChI is InChI=1S/C27H56N.W/c1-5-6-7-8-9-10-11-12-13-14-15-16-17-19-22-25-28-26-23-20-18-21-24-27(2,3)4;/h5-26H2,1-4H3;/q-1;. The number of unbranched alkanes of at least 4 members (excludes halogenated alkanes) is 17. The molecule has 29 heavy (non-hydrogen) atoms. The molecule has 0 radical (unpaired) electrons. The third kappa shape index (κ3) is 30.9. The summed E-state index contributed by atoms with van der Waals surface area (Å²) in [7, 11) is 0. The van der Waals surface area contributed by atoms with Crippen LogP contribution < -0.4 is 0 Å². The van der Waals surface area contributed by atoms with Gasteiger partial charge in [-0.1, -0.05) is 150 Å². The number of hydrogen-bond acceptors (Lipinski definition) is 0. The molecule has 0 spiro atoms. The summed E-state index contributed by atoms with van der Waals surface area (Å²) < 4.78 is 0. The van der Waals surface area contributed by atoms with Gasteiger partial charge in [0.2, 0.25) is 0 Å². The second-order valence-corrected chi connectivity index (χ2v) is 10.3. The van der Waals surface area contributed by atoms with E-state index in [9.17, 15) is 0 Å². The first-order valence-electron chi connectivity index (χ1n) is 13.2. The van der Waals surface area contributed by atoms with E-state index in [1.54, 1.807) is 0 Å². The molecule has 0 saturated carbocycles. The number of nitrogens with zero attached hydrogens (tertiary/aromatic N) is 1. The normalized spacial score (nSPS) is 11.6. The van der Waals surface area contributed by atoms with Gasteiger partial charge in [-0.15, -0.1) is 13.1 Å². The van der Waals surface area contributed by atoms with Crippen LogP contribution in [0.4, 0.5) is 0 Å². The van der Waals surface area contributed by atoms with Crippen LogP contribution in [0.15, 0.2) is 0 Å². The molecule has 0 aromatic heterocycles. The Labute approximate surface area is 200 Å². The zero-order valence-electron chi connectivity index (χ0n) is 20.9. The number of rotatable bonds is 22. The summed E-state index contributed by atoms with van der Waals surface area (Å²) in [6, 6.07) is 0. The van der Waals surface area contributed by atoms with E-state index >= 15 is 0 Å². The Hall–Kier alpha value is 0.648. The minimum absolute atomic E-state index is 0. The Morgan fingerprint density at radius 2 is 0.759 bits per heavy atom. The number of hydrogen-bond donors (Lipinski definition) is 0. The molecule has 0 bridgehead atoms. The van der Waals surface area contributed by atoms with E-state index in [1.807, 2.05) is 0 Å². The average molecular weight is 579 g/mol. The maximum absolute atomic E-state index is 4.72. The van der Waals surface area contributed by atoms with Crippen molar-refractivity contribution in [2.24, 2.45) is 5.41 Å². The van der Waals surface area contributed by atoms with Gasteiger partial charge in [-0.3, -0.25) is 0 Å². The molecule has 0 atom stereocenters. The third-order valence-electron chi connectivity index (χ3n) is 5.91. The molecule has 0 fully saturated rings. The Balaban J connectivity index is 0. The van der Waals surface area contributed by atoms with E-state index < -0.39 is 0 Å². The summed E-state index contributed by atoms with van der Waals surface area (Å²) >= 11 is 0. The molecule has 0 unspecified atom stereocenters. The van der Waals surface area contributed by atoms with Gasteiger partial charge in [0.1, 0.15) is 0 Å². The van der Waals surface area contributed by atoms with E-state index in [0.29, 0.717) is 5.41 Å². The molecular weight excluding hydrogens is 522 g/mol. The summed E-state index contributed by atoms with van der Waals surface area (Å²) in [4.78, 5) is 0. The predicted molar refractivity (Wildman–Crippen MR) is 131 cm³/mol. The molecule has 0 N–H and O–H groups in total. The van der Waals surface area contributed by atoms with Crippen LogP contribution in [0, 0.1) is 5.41 Å². The van der Waals surface area contributed by atoms with Crippen LogP contribution in [0.5, 0.6) is 0 Å². The van der Waals surface area contributed by atoms with Gasteiger partial charge in [-0.05, 0) is 11.8 Å². The summed E-state index contributed by atoms with van der Waals surface area (Å²) in [5.41, 5.74) is 0.512. The molecule has 0 rings (SSSR count). The van der Waals surface area contributed by atoms with Gasteiger partial charge >= 0.3 is 0 Å². The largest absolute Gasteiger partial charge is 0.662 e. The molecule has 1 nitrogen and oxygen atoms in total. The van der Waals surface area contributed by atoms with Gasteiger partial charge in [-0.2, -0.15) is 0 Å². The topological polar surface area (TPSA) is 14.1 Å². The Kier molecular flexibility index (Phi) is 27.3. The van der Waals surface area contributed by atoms with Gasteiger partial charge in [-0.25, -0.2) is 0 Å². The van der Waals surface area contributed by atoms with Gasteiger partial charge < -0.3 is 5.32 Å². The summed E-state index contributed by atoms with van der Waals surface area (Å²) in [5.74, 6) is 0. The molecule has 0 aliphatic carbocycles. The smallest absolute Gasteiger partial charge is 0 e. The van der Waals surface area contributed by atoms with Crippen molar-refractivity contribution in [1.82, 2.24) is 0 Å². The van der Waals surface area contributed by atoms with Gasteiger partial charge in [0.05, 0.1) is 0 Å². The van der Waals surface area contributed by atoms with E-state index in [4.69, 9.17) is 5.32 Å². The molecule has 0 heterocycles. The maximum Gasteiger partial charge on any atom is 0 e. The van der Waals surface area contributed by atoms with Crippen molar-refractivity contribution in [3.63, 3.8) is 0 Å². The van der Waals surface area contributed by atoms with Crippen LogP contribution >= 0.6 is 0 Å². The fraction of sp³-hybridized carbons (Fsp3) is 1.00. The van der Waals surface area contributed by atoms with Crippen molar-refractivity contribution >= 4 is 0 Å². The van der Waals surface area contributed by atoms with E-state index in [0.717, 1.165) is 13.1 Å². The Morgan fingerprint density at radius 1 is 0.448 bits per heavy atom. The summed E-state index contributed by atoms with van der Waals surface area (Å²) in [6.07, 6.45) is 28.5. The minimum atomic E-state index is 0. The fourth-order valence-corrected chi connectivity index (χ4v) is 3.94. The van der Waals surface area contributed by atoms with Crippen LogP contribution in [0.1, 0.15) is 156 Å². The molecule has 0 aliphatic rings. The van der Waals surface area contributed by atoms with Crippen molar-refractivity contribution in [1.29, 1.82) is 0 Å². The monoisotopic (exact) mass is 578 g/mol. The van der Waals surface area contributed by atoms with Crippen molar-refractivity contribution in [3.05, 3.63) is 5.32 Å². The molecule has 0 amide bonds. The zero-order valence-corrected chi connectivity index (χ0v) is 23.8. The van der Waals surface area contributed by atoms with Crippen molar-refractivity contribution in [2.45, 2.75) is 156 Å². The Morgan fingerprint density at radius 3 is 1.10 bits per heavy atom. The second kappa shape index (κ2) is 24.9. The fourth-order valence-electron chi connectivity index (χ4n) is 3.94. The van der Waals surface area contributed by atoms with Gasteiger partial charge in [0, 0.05) is 21.1 Å². The van der Waals surface area contributed by atoms with Crippen LogP contribution in [0.2, 0.25) is 0 Å². The van der Waals surface area contributed by atoms with Crippen molar-refractivity contribution in [3.8, 4) is 0 Å². The average Bonchev–Trinajstić information content (AvgIpc) is 2.65. The molecule has 176 valence electrons. The van der Waals surface area contributed by atoms with Crippen molar-refractivity contribution in [2.75, 3.05) is 13.1 Å². The second-order valence-electron chi connectivity index (χ2n) is 10.3. The summed E-state index contributed by atoms with van der Waals surface area (Å²) in [5, 5.41) is 4.72. The quantitative estimate of drug-likeness (QED) is 0.114. The van der Waals surface area contributed by atoms with Gasteiger partial charge in [0.15, 0.2) is 0 Å². The molecule has 2 heteroatoms. The Bertz CT molecular complexity index is 285. The molecule has 0 aromatic rings. The van der Waals surface area contributed by atoms with Crippen molar-refractivity contribution < 1.29 is 21.1 Å². The predicted octanol–water partition coefficient (Wildman–Crippen LogP) is 10.2. The first-order valence-corrected chi connectivity index (χ1v) is 13.2. The van der Waals surface area contributed by atoms with E-state index in [2.05, 4.69) is 27.7 Å². The molecule has 0 aromatic carbocycles. The van der Waals surface area contributed by atoms with E-state index in [1.165, 1.54) is 128 Å².